The van der Waals surface area contributed by atoms with E-state index in [4.69, 9.17) is 0 Å². The van der Waals surface area contributed by atoms with Gasteiger partial charge in [0.05, 0.1) is 5.56 Å². The summed E-state index contributed by atoms with van der Waals surface area (Å²) in [7, 11) is 0. The van der Waals surface area contributed by atoms with Gasteiger partial charge in [-0.2, -0.15) is 0 Å². The van der Waals surface area contributed by atoms with Crippen molar-refractivity contribution in [2.45, 2.75) is 19.9 Å². The molecule has 0 aliphatic heterocycles. The van der Waals surface area contributed by atoms with Crippen molar-refractivity contribution in [2.24, 2.45) is 0 Å². The van der Waals surface area contributed by atoms with Gasteiger partial charge in [0.15, 0.2) is 6.04 Å². The Morgan fingerprint density at radius 3 is 2.35 bits per heavy atom. The van der Waals surface area contributed by atoms with Crippen molar-refractivity contribution >= 4 is 23.2 Å². The summed E-state index contributed by atoms with van der Waals surface area (Å²) in [4.78, 5) is 25.5. The number of aliphatic carboxylic acids is 1. The van der Waals surface area contributed by atoms with Gasteiger partial charge >= 0.3 is 5.97 Å². The molecule has 1 heterocycles. The van der Waals surface area contributed by atoms with Crippen molar-refractivity contribution in [3.05, 3.63) is 57.3 Å². The van der Waals surface area contributed by atoms with E-state index in [1.54, 1.807) is 36.4 Å². The number of carbonyl (C=O) groups excluding carboxylic acids is 1. The van der Waals surface area contributed by atoms with Gasteiger partial charge in [-0.05, 0) is 25.5 Å². The third-order valence-electron chi connectivity index (χ3n) is 2.94. The highest BCUT2D eigenvalue weighted by Gasteiger charge is 2.23. The number of rotatable bonds is 4. The Balaban J connectivity index is 2.23. The van der Waals surface area contributed by atoms with Crippen molar-refractivity contribution in [3.8, 4) is 0 Å². The summed E-state index contributed by atoms with van der Waals surface area (Å²) in [6.45, 7) is 3.77. The summed E-state index contributed by atoms with van der Waals surface area (Å²) >= 11 is 1.52. The molecule has 1 amide bonds. The fraction of sp³-hybridized carbons (Fsp3) is 0.200. The average molecular weight is 289 g/mol. The molecule has 0 bridgehead atoms. The third kappa shape index (κ3) is 3.05. The molecule has 4 nitrogen and oxygen atoms in total. The number of thiophene rings is 1. The Kier molecular flexibility index (Phi) is 4.20. The molecule has 2 N–H and O–H groups in total. The number of carbonyl (C=O) groups is 2. The first-order chi connectivity index (χ1) is 9.49. The van der Waals surface area contributed by atoms with E-state index >= 15 is 0 Å². The van der Waals surface area contributed by atoms with E-state index in [1.165, 1.54) is 11.3 Å². The lowest BCUT2D eigenvalue weighted by Gasteiger charge is -2.14. The van der Waals surface area contributed by atoms with Crippen LogP contribution in [0, 0.1) is 13.8 Å². The second-order valence-electron chi connectivity index (χ2n) is 4.48. The Morgan fingerprint density at radius 2 is 1.85 bits per heavy atom. The largest absolute Gasteiger partial charge is 0.479 e. The number of carboxylic acid groups (broad SMARTS) is 1. The van der Waals surface area contributed by atoms with Gasteiger partial charge in [-0.25, -0.2) is 4.79 Å². The third-order valence-corrected chi connectivity index (χ3v) is 3.91. The summed E-state index contributed by atoms with van der Waals surface area (Å²) in [6, 6.07) is 9.41. The lowest BCUT2D eigenvalue weighted by molar-refractivity contribution is -0.139. The molecule has 0 aliphatic rings. The number of nitrogens with one attached hydrogen (secondary N) is 1. The van der Waals surface area contributed by atoms with Crippen LogP contribution in [0.1, 0.15) is 31.7 Å². The second-order valence-corrected chi connectivity index (χ2v) is 5.94. The fourth-order valence-corrected chi connectivity index (χ4v) is 2.92. The zero-order valence-electron chi connectivity index (χ0n) is 11.2. The van der Waals surface area contributed by atoms with Gasteiger partial charge < -0.3 is 10.4 Å². The number of aryl methyl sites for hydroxylation is 2. The minimum atomic E-state index is -1.07. The molecule has 1 atom stereocenters. The van der Waals surface area contributed by atoms with Gasteiger partial charge in [0.25, 0.3) is 5.91 Å². The average Bonchev–Trinajstić information content (AvgIpc) is 2.75. The number of amides is 1. The summed E-state index contributed by atoms with van der Waals surface area (Å²) in [5.74, 6) is -1.43. The lowest BCUT2D eigenvalue weighted by atomic mass is 10.1. The molecular weight excluding hydrogens is 274 g/mol. The maximum atomic E-state index is 12.2. The lowest BCUT2D eigenvalue weighted by Crippen LogP contribution is -2.33. The number of hydrogen-bond donors (Lipinski definition) is 2. The van der Waals surface area contributed by atoms with Crippen LogP contribution in [0.15, 0.2) is 36.4 Å². The predicted molar refractivity (Wildman–Crippen MR) is 78.1 cm³/mol. The highest BCUT2D eigenvalue weighted by molar-refractivity contribution is 7.12. The molecule has 0 aliphatic carbocycles. The molecule has 104 valence electrons. The minimum Gasteiger partial charge on any atom is -0.479 e. The molecule has 0 spiro atoms. The first kappa shape index (κ1) is 14.3. The molecule has 2 rings (SSSR count). The Bertz CT molecular complexity index is 634. The number of carboxylic acids is 1. The van der Waals surface area contributed by atoms with E-state index in [-0.39, 0.29) is 5.91 Å². The van der Waals surface area contributed by atoms with Crippen LogP contribution >= 0.6 is 11.3 Å². The van der Waals surface area contributed by atoms with Crippen molar-refractivity contribution in [3.63, 3.8) is 0 Å². The molecule has 0 saturated carbocycles. The number of benzene rings is 1. The van der Waals surface area contributed by atoms with Crippen LogP contribution in [0.4, 0.5) is 0 Å². The van der Waals surface area contributed by atoms with E-state index in [9.17, 15) is 14.7 Å². The smallest absolute Gasteiger partial charge is 0.330 e. The summed E-state index contributed by atoms with van der Waals surface area (Å²) in [6.07, 6.45) is 0. The second kappa shape index (κ2) is 5.88. The van der Waals surface area contributed by atoms with Crippen LogP contribution in [0.2, 0.25) is 0 Å². The first-order valence-electron chi connectivity index (χ1n) is 6.14. The SMILES string of the molecule is Cc1cc(C(=O)NC(C(=O)O)c2ccccc2)c(C)s1. The van der Waals surface area contributed by atoms with Gasteiger partial charge in [0.1, 0.15) is 0 Å². The summed E-state index contributed by atoms with van der Waals surface area (Å²) < 4.78 is 0. The number of hydrogen-bond acceptors (Lipinski definition) is 3. The zero-order chi connectivity index (χ0) is 14.7. The van der Waals surface area contributed by atoms with E-state index in [1.807, 2.05) is 13.8 Å². The highest BCUT2D eigenvalue weighted by Crippen LogP contribution is 2.22. The Morgan fingerprint density at radius 1 is 1.20 bits per heavy atom. The van der Waals surface area contributed by atoms with Crippen molar-refractivity contribution in [1.82, 2.24) is 5.32 Å². The van der Waals surface area contributed by atoms with Crippen molar-refractivity contribution in [1.29, 1.82) is 0 Å². The molecule has 5 heteroatoms. The van der Waals surface area contributed by atoms with Crippen LogP contribution in [-0.2, 0) is 4.79 Å². The van der Waals surface area contributed by atoms with E-state index in [2.05, 4.69) is 5.32 Å². The maximum Gasteiger partial charge on any atom is 0.330 e. The molecule has 2 aromatic rings. The summed E-state index contributed by atoms with van der Waals surface area (Å²) in [5, 5.41) is 11.9. The zero-order valence-corrected chi connectivity index (χ0v) is 12.0. The molecule has 1 aromatic carbocycles. The minimum absolute atomic E-state index is 0.358. The van der Waals surface area contributed by atoms with Crippen LogP contribution in [0.25, 0.3) is 0 Å². The fourth-order valence-electron chi connectivity index (χ4n) is 2.00. The molecule has 1 unspecified atom stereocenters. The monoisotopic (exact) mass is 289 g/mol. The van der Waals surface area contributed by atoms with Gasteiger partial charge in [0, 0.05) is 9.75 Å². The molecule has 0 fully saturated rings. The Labute approximate surface area is 121 Å². The van der Waals surface area contributed by atoms with Gasteiger partial charge in [-0.1, -0.05) is 30.3 Å². The van der Waals surface area contributed by atoms with Crippen LogP contribution in [0.5, 0.6) is 0 Å². The highest BCUT2D eigenvalue weighted by atomic mass is 32.1. The van der Waals surface area contributed by atoms with Crippen LogP contribution < -0.4 is 5.32 Å². The molecule has 0 radical (unpaired) electrons. The van der Waals surface area contributed by atoms with Gasteiger partial charge in [0.2, 0.25) is 0 Å². The van der Waals surface area contributed by atoms with E-state index in [0.29, 0.717) is 11.1 Å². The van der Waals surface area contributed by atoms with Crippen LogP contribution in [0.3, 0.4) is 0 Å². The normalized spacial score (nSPS) is 11.9. The topological polar surface area (TPSA) is 66.4 Å². The van der Waals surface area contributed by atoms with Crippen molar-refractivity contribution in [2.75, 3.05) is 0 Å². The molecule has 0 saturated heterocycles. The van der Waals surface area contributed by atoms with E-state index < -0.39 is 12.0 Å². The summed E-state index contributed by atoms with van der Waals surface area (Å²) in [5.41, 5.74) is 1.09. The van der Waals surface area contributed by atoms with Crippen LogP contribution in [-0.4, -0.2) is 17.0 Å². The van der Waals surface area contributed by atoms with Gasteiger partial charge in [-0.3, -0.25) is 4.79 Å². The maximum absolute atomic E-state index is 12.2. The first-order valence-corrected chi connectivity index (χ1v) is 6.96. The van der Waals surface area contributed by atoms with Crippen molar-refractivity contribution < 1.29 is 14.7 Å². The predicted octanol–water partition coefficient (Wildman–Crippen LogP) is 2.92. The molecular formula is C15H15NO3S. The molecule has 1 aromatic heterocycles. The van der Waals surface area contributed by atoms with E-state index in [0.717, 1.165) is 9.75 Å². The Hall–Kier alpha value is -2.14. The quantitative estimate of drug-likeness (QED) is 0.909. The van der Waals surface area contributed by atoms with Gasteiger partial charge in [-0.15, -0.1) is 11.3 Å². The molecule has 20 heavy (non-hydrogen) atoms. The standard InChI is InChI=1S/C15H15NO3S/c1-9-8-12(10(2)20-9)14(17)16-13(15(18)19)11-6-4-3-5-7-11/h3-8,13H,1-2H3,(H,16,17)(H,18,19).